The molecule has 0 nitrogen and oxygen atoms in total. The smallest absolute Gasteiger partial charge is 0.0426 e. The molecule has 0 aliphatic heterocycles. The van der Waals surface area contributed by atoms with Gasteiger partial charge in [0, 0.05) is 4.83 Å². The highest BCUT2D eigenvalue weighted by Gasteiger charge is 2.41. The van der Waals surface area contributed by atoms with E-state index in [1.165, 1.54) is 32.1 Å². The summed E-state index contributed by atoms with van der Waals surface area (Å²) in [7, 11) is 0. The first-order valence-electron chi connectivity index (χ1n) is 8.03. The van der Waals surface area contributed by atoms with E-state index in [1.54, 1.807) is 24.0 Å². The van der Waals surface area contributed by atoms with Crippen LogP contribution in [0.1, 0.15) is 54.5 Å². The van der Waals surface area contributed by atoms with E-state index in [2.05, 4.69) is 40.2 Å². The fourth-order valence-electron chi connectivity index (χ4n) is 5.06. The number of hydrogen-bond acceptors (Lipinski definition) is 0. The van der Waals surface area contributed by atoms with E-state index in [1.807, 2.05) is 0 Å². The van der Waals surface area contributed by atoms with Gasteiger partial charge in [-0.25, -0.2) is 0 Å². The molecule has 0 amide bonds. The van der Waals surface area contributed by atoms with Crippen LogP contribution in [0.5, 0.6) is 0 Å². The third-order valence-electron chi connectivity index (χ3n) is 6.04. The maximum Gasteiger partial charge on any atom is 0.0426 e. The van der Waals surface area contributed by atoms with Gasteiger partial charge in [-0.2, -0.15) is 0 Å². The first-order chi connectivity index (χ1) is 9.31. The average Bonchev–Trinajstić information content (AvgIpc) is 3.05. The number of fused-ring (bicyclic) bond motifs is 3. The molecule has 0 heterocycles. The van der Waals surface area contributed by atoms with Gasteiger partial charge in [-0.15, -0.1) is 0 Å². The minimum atomic E-state index is 0.608. The first kappa shape index (κ1) is 12.4. The summed E-state index contributed by atoms with van der Waals surface area (Å²) in [6.07, 6.45) is 10.3. The lowest BCUT2D eigenvalue weighted by atomic mass is 9.75. The molecule has 0 saturated heterocycles. The van der Waals surface area contributed by atoms with Crippen molar-refractivity contribution >= 4 is 15.9 Å². The molecule has 2 fully saturated rings. The quantitative estimate of drug-likeness (QED) is 0.630. The summed E-state index contributed by atoms with van der Waals surface area (Å²) >= 11 is 4.01. The zero-order valence-corrected chi connectivity index (χ0v) is 13.1. The van der Waals surface area contributed by atoms with Gasteiger partial charge in [-0.1, -0.05) is 46.6 Å². The van der Waals surface area contributed by atoms with Crippen LogP contribution < -0.4 is 0 Å². The minimum Gasteiger partial charge on any atom is -0.0836 e. The van der Waals surface area contributed by atoms with Gasteiger partial charge in [0.05, 0.1) is 0 Å². The van der Waals surface area contributed by atoms with Crippen LogP contribution in [0.4, 0.5) is 0 Å². The number of alkyl halides is 1. The molecular formula is C18H23Br. The Balaban J connectivity index is 1.48. The summed E-state index contributed by atoms with van der Waals surface area (Å²) in [6.45, 7) is 0. The van der Waals surface area contributed by atoms with Crippen molar-refractivity contribution in [3.05, 3.63) is 35.4 Å². The minimum absolute atomic E-state index is 0.608. The second-order valence-electron chi connectivity index (χ2n) is 7.07. The van der Waals surface area contributed by atoms with Crippen molar-refractivity contribution in [2.45, 2.75) is 49.8 Å². The van der Waals surface area contributed by atoms with Gasteiger partial charge in [0.2, 0.25) is 0 Å². The summed E-state index contributed by atoms with van der Waals surface area (Å²) < 4.78 is 0. The van der Waals surface area contributed by atoms with Gasteiger partial charge in [0.15, 0.2) is 0 Å². The highest BCUT2D eigenvalue weighted by molar-refractivity contribution is 9.09. The first-order valence-corrected chi connectivity index (χ1v) is 8.94. The maximum atomic E-state index is 4.01. The number of aryl methyl sites for hydroxylation is 1. The van der Waals surface area contributed by atoms with Crippen molar-refractivity contribution in [2.75, 3.05) is 0 Å². The summed E-state index contributed by atoms with van der Waals surface area (Å²) in [6, 6.07) is 9.04. The van der Waals surface area contributed by atoms with Gasteiger partial charge < -0.3 is 0 Å². The molecule has 102 valence electrons. The molecule has 1 aromatic rings. The molecule has 1 aromatic carbocycles. The van der Waals surface area contributed by atoms with E-state index >= 15 is 0 Å². The lowest BCUT2D eigenvalue weighted by Crippen LogP contribution is -2.22. The van der Waals surface area contributed by atoms with Gasteiger partial charge in [0.25, 0.3) is 0 Å². The monoisotopic (exact) mass is 318 g/mol. The zero-order valence-electron chi connectivity index (χ0n) is 11.5. The largest absolute Gasteiger partial charge is 0.0836 e. The Hall–Kier alpha value is -0.300. The molecular weight excluding hydrogens is 296 g/mol. The lowest BCUT2D eigenvalue weighted by Gasteiger charge is -2.34. The van der Waals surface area contributed by atoms with E-state index in [9.17, 15) is 0 Å². The molecule has 0 radical (unpaired) electrons. The average molecular weight is 319 g/mol. The Bertz CT molecular complexity index is 467. The Kier molecular flexibility index (Phi) is 3.22. The lowest BCUT2D eigenvalue weighted by molar-refractivity contribution is 0.253. The molecule has 1 heteroatoms. The van der Waals surface area contributed by atoms with E-state index in [0.29, 0.717) is 4.83 Å². The Morgan fingerprint density at radius 2 is 1.89 bits per heavy atom. The predicted molar refractivity (Wildman–Crippen MR) is 83.5 cm³/mol. The summed E-state index contributed by atoms with van der Waals surface area (Å²) in [5.41, 5.74) is 3.15. The molecule has 2 saturated carbocycles. The third-order valence-corrected chi connectivity index (χ3v) is 7.28. The second kappa shape index (κ2) is 4.91. The number of rotatable bonds is 2. The molecule has 4 rings (SSSR count). The molecule has 0 aromatic heterocycles. The molecule has 3 aliphatic carbocycles. The summed E-state index contributed by atoms with van der Waals surface area (Å²) in [5, 5.41) is 0. The van der Waals surface area contributed by atoms with Gasteiger partial charge in [0.1, 0.15) is 0 Å². The molecule has 3 aliphatic rings. The normalized spacial score (nSPS) is 40.4. The van der Waals surface area contributed by atoms with Crippen molar-refractivity contribution in [1.29, 1.82) is 0 Å². The maximum absolute atomic E-state index is 4.01. The summed E-state index contributed by atoms with van der Waals surface area (Å²) in [5.74, 6) is 4.11. The standard InChI is InChI=1S/C18H23Br/c19-18-15(8-7-13-3-1-2-4-17(13)18)11-16-10-12-5-6-14(16)9-12/h1-4,12,14-16,18H,5-11H2. The van der Waals surface area contributed by atoms with E-state index in [4.69, 9.17) is 0 Å². The van der Waals surface area contributed by atoms with Crippen LogP contribution >= 0.6 is 15.9 Å². The highest BCUT2D eigenvalue weighted by atomic mass is 79.9. The van der Waals surface area contributed by atoms with Crippen LogP contribution in [0.25, 0.3) is 0 Å². The molecule has 5 atom stereocenters. The molecule has 0 spiro atoms. The second-order valence-corrected chi connectivity index (χ2v) is 8.06. The fourth-order valence-corrected chi connectivity index (χ4v) is 5.99. The summed E-state index contributed by atoms with van der Waals surface area (Å²) in [4.78, 5) is 0.608. The SMILES string of the molecule is BrC1c2ccccc2CCC1CC1CC2CCC1C2. The Morgan fingerprint density at radius 3 is 2.68 bits per heavy atom. The van der Waals surface area contributed by atoms with Crippen LogP contribution in [0, 0.1) is 23.7 Å². The van der Waals surface area contributed by atoms with E-state index in [-0.39, 0.29) is 0 Å². The Labute approximate surface area is 125 Å². The van der Waals surface area contributed by atoms with Crippen molar-refractivity contribution in [1.82, 2.24) is 0 Å². The number of benzene rings is 1. The van der Waals surface area contributed by atoms with E-state index < -0.39 is 0 Å². The fraction of sp³-hybridized carbons (Fsp3) is 0.667. The van der Waals surface area contributed by atoms with Crippen molar-refractivity contribution in [3.8, 4) is 0 Å². The van der Waals surface area contributed by atoms with E-state index in [0.717, 1.165) is 23.7 Å². The van der Waals surface area contributed by atoms with Crippen LogP contribution in [0.15, 0.2) is 24.3 Å². The zero-order chi connectivity index (χ0) is 12.8. The molecule has 2 bridgehead atoms. The van der Waals surface area contributed by atoms with Crippen LogP contribution in [-0.4, -0.2) is 0 Å². The molecule has 19 heavy (non-hydrogen) atoms. The predicted octanol–water partition coefficient (Wildman–Crippen LogP) is 5.51. The number of hydrogen-bond donors (Lipinski definition) is 0. The third kappa shape index (κ3) is 2.18. The van der Waals surface area contributed by atoms with Crippen molar-refractivity contribution in [3.63, 3.8) is 0 Å². The van der Waals surface area contributed by atoms with Gasteiger partial charge in [-0.3, -0.25) is 0 Å². The number of halogens is 1. The van der Waals surface area contributed by atoms with Crippen molar-refractivity contribution < 1.29 is 0 Å². The molecule has 0 N–H and O–H groups in total. The van der Waals surface area contributed by atoms with Gasteiger partial charge in [-0.05, 0) is 73.3 Å². The van der Waals surface area contributed by atoms with Crippen molar-refractivity contribution in [2.24, 2.45) is 23.7 Å². The van der Waals surface area contributed by atoms with Crippen LogP contribution in [0.3, 0.4) is 0 Å². The van der Waals surface area contributed by atoms with Crippen LogP contribution in [0.2, 0.25) is 0 Å². The molecule has 5 unspecified atom stereocenters. The highest BCUT2D eigenvalue weighted by Crippen LogP contribution is 2.53. The Morgan fingerprint density at radius 1 is 1.00 bits per heavy atom. The van der Waals surface area contributed by atoms with Crippen LogP contribution in [-0.2, 0) is 6.42 Å². The van der Waals surface area contributed by atoms with Gasteiger partial charge >= 0.3 is 0 Å². The topological polar surface area (TPSA) is 0 Å².